The van der Waals surface area contributed by atoms with Gasteiger partial charge < -0.3 is 15.1 Å². The minimum absolute atomic E-state index is 0.189. The van der Waals surface area contributed by atoms with Gasteiger partial charge in [-0.1, -0.05) is 29.8 Å². The number of carbonyl (C=O) groups excluding carboxylic acids is 2. The van der Waals surface area contributed by atoms with Gasteiger partial charge in [0.25, 0.3) is 11.8 Å². The van der Waals surface area contributed by atoms with Crippen LogP contribution in [0.1, 0.15) is 27.2 Å². The molecule has 0 unspecified atom stereocenters. The lowest BCUT2D eigenvalue weighted by molar-refractivity contribution is -0.110. The van der Waals surface area contributed by atoms with E-state index < -0.39 is 0 Å². The number of fused-ring (bicyclic) bond motifs is 1. The van der Waals surface area contributed by atoms with Crippen LogP contribution < -0.4 is 10.6 Å². The molecule has 2 N–H and O–H groups in total. The maximum absolute atomic E-state index is 12.6. The van der Waals surface area contributed by atoms with E-state index in [4.69, 9.17) is 16.0 Å². The average molecular weight is 456 g/mol. The molecule has 0 aliphatic carbocycles. The summed E-state index contributed by atoms with van der Waals surface area (Å²) in [6, 6.07) is 19.8. The van der Waals surface area contributed by atoms with E-state index in [9.17, 15) is 9.59 Å². The van der Waals surface area contributed by atoms with Gasteiger partial charge in [-0.25, -0.2) is 0 Å². The summed E-state index contributed by atoms with van der Waals surface area (Å²) in [7, 11) is 0. The van der Waals surface area contributed by atoms with Crippen molar-refractivity contribution in [1.82, 2.24) is 10.3 Å². The van der Waals surface area contributed by atoms with Crippen LogP contribution in [0.4, 0.5) is 5.69 Å². The van der Waals surface area contributed by atoms with Gasteiger partial charge in [-0.2, -0.15) is 0 Å². The molecule has 0 radical (unpaired) electrons. The highest BCUT2D eigenvalue weighted by Gasteiger charge is 2.24. The van der Waals surface area contributed by atoms with Gasteiger partial charge in [-0.3, -0.25) is 14.6 Å². The number of anilines is 1. The van der Waals surface area contributed by atoms with Crippen LogP contribution in [0.2, 0.25) is 5.02 Å². The van der Waals surface area contributed by atoms with E-state index in [0.29, 0.717) is 39.9 Å². The third-order valence-corrected chi connectivity index (χ3v) is 5.50. The van der Waals surface area contributed by atoms with Crippen molar-refractivity contribution in [1.29, 1.82) is 0 Å². The van der Waals surface area contributed by atoms with E-state index in [-0.39, 0.29) is 11.8 Å². The zero-order valence-corrected chi connectivity index (χ0v) is 18.1. The Kier molecular flexibility index (Phi) is 5.50. The molecule has 4 aromatic rings. The molecule has 7 heteroatoms. The van der Waals surface area contributed by atoms with Crippen LogP contribution in [0, 0.1) is 0 Å². The van der Waals surface area contributed by atoms with Crippen LogP contribution in [0.3, 0.4) is 0 Å². The lowest BCUT2D eigenvalue weighted by atomic mass is 10.1. The fourth-order valence-corrected chi connectivity index (χ4v) is 3.80. The van der Waals surface area contributed by atoms with Gasteiger partial charge in [-0.15, -0.1) is 0 Å². The van der Waals surface area contributed by atoms with Crippen molar-refractivity contribution in [3.05, 3.63) is 107 Å². The quantitative estimate of drug-likeness (QED) is 0.394. The van der Waals surface area contributed by atoms with Crippen LogP contribution >= 0.6 is 11.6 Å². The molecule has 1 aliphatic rings. The van der Waals surface area contributed by atoms with E-state index in [0.717, 1.165) is 16.7 Å². The monoisotopic (exact) mass is 455 g/mol. The second-order valence-corrected chi connectivity index (χ2v) is 7.97. The van der Waals surface area contributed by atoms with E-state index in [1.54, 1.807) is 60.9 Å². The van der Waals surface area contributed by atoms with Gasteiger partial charge in [0.2, 0.25) is 0 Å². The Bertz CT molecular complexity index is 1390. The maximum atomic E-state index is 12.6. The summed E-state index contributed by atoms with van der Waals surface area (Å²) in [4.78, 5) is 29.0. The summed E-state index contributed by atoms with van der Waals surface area (Å²) >= 11 is 6.10. The smallest absolute Gasteiger partial charge is 0.256 e. The van der Waals surface area contributed by atoms with Gasteiger partial charge in [0, 0.05) is 46.3 Å². The summed E-state index contributed by atoms with van der Waals surface area (Å²) in [5.74, 6) is 0.714. The minimum Gasteiger partial charge on any atom is -0.457 e. The van der Waals surface area contributed by atoms with Crippen molar-refractivity contribution >= 4 is 40.8 Å². The third kappa shape index (κ3) is 4.42. The number of carbonyl (C=O) groups is 2. The Morgan fingerprint density at radius 1 is 1.09 bits per heavy atom. The Morgan fingerprint density at radius 2 is 2.00 bits per heavy atom. The number of rotatable bonds is 5. The van der Waals surface area contributed by atoms with E-state index in [2.05, 4.69) is 15.6 Å². The summed E-state index contributed by atoms with van der Waals surface area (Å²) in [6.07, 6.45) is 5.09. The number of amides is 2. The predicted octanol–water partition coefficient (Wildman–Crippen LogP) is 5.42. The van der Waals surface area contributed by atoms with Crippen molar-refractivity contribution < 1.29 is 14.0 Å². The Labute approximate surface area is 194 Å². The first kappa shape index (κ1) is 20.7. The van der Waals surface area contributed by atoms with E-state index in [1.807, 2.05) is 24.3 Å². The lowest BCUT2D eigenvalue weighted by Gasteiger charge is -2.06. The number of aromatic nitrogens is 1. The number of hydrogen-bond acceptors (Lipinski definition) is 4. The molecule has 2 aromatic carbocycles. The number of nitrogens with one attached hydrogen (secondary N) is 2. The van der Waals surface area contributed by atoms with E-state index in [1.165, 1.54) is 0 Å². The highest BCUT2D eigenvalue weighted by atomic mass is 35.5. The molecular formula is C26H18ClN3O3. The van der Waals surface area contributed by atoms with Crippen molar-refractivity contribution in [2.75, 3.05) is 5.32 Å². The summed E-state index contributed by atoms with van der Waals surface area (Å²) < 4.78 is 5.96. The summed E-state index contributed by atoms with van der Waals surface area (Å²) in [5, 5.41) is 6.26. The third-order valence-electron chi connectivity index (χ3n) is 5.26. The maximum Gasteiger partial charge on any atom is 0.256 e. The Hall–Kier alpha value is -4.16. The molecule has 33 heavy (non-hydrogen) atoms. The van der Waals surface area contributed by atoms with Crippen LogP contribution in [0.5, 0.6) is 0 Å². The Balaban J connectivity index is 1.35. The van der Waals surface area contributed by atoms with E-state index >= 15 is 0 Å². The van der Waals surface area contributed by atoms with Gasteiger partial charge >= 0.3 is 0 Å². The molecule has 0 saturated carbocycles. The number of hydrogen-bond donors (Lipinski definition) is 2. The van der Waals surface area contributed by atoms with Gasteiger partial charge in [0.1, 0.15) is 11.5 Å². The van der Waals surface area contributed by atoms with Gasteiger partial charge in [-0.05, 0) is 60.2 Å². The fraction of sp³-hybridized carbons (Fsp3) is 0.0385. The number of pyridine rings is 1. The van der Waals surface area contributed by atoms with Gasteiger partial charge in [0.15, 0.2) is 0 Å². The molecule has 5 rings (SSSR count). The second kappa shape index (κ2) is 8.76. The number of benzene rings is 2. The SMILES string of the molecule is O=C1Nc2ccc(Cl)cc2/C1=C\c1ccc(-c2cccc(C(=O)NCc3cccnc3)c2)o1. The van der Waals surface area contributed by atoms with Crippen molar-refractivity contribution in [3.8, 4) is 11.3 Å². The summed E-state index contributed by atoms with van der Waals surface area (Å²) in [5.41, 5.74) is 4.13. The number of halogens is 1. The first-order valence-electron chi connectivity index (χ1n) is 10.3. The van der Waals surface area contributed by atoms with Crippen LogP contribution in [0.15, 0.2) is 83.5 Å². The molecule has 0 spiro atoms. The second-order valence-electron chi connectivity index (χ2n) is 7.53. The molecule has 2 aromatic heterocycles. The highest BCUT2D eigenvalue weighted by molar-refractivity contribution is 6.36. The van der Waals surface area contributed by atoms with Crippen molar-refractivity contribution in [3.63, 3.8) is 0 Å². The predicted molar refractivity (Wildman–Crippen MR) is 128 cm³/mol. The van der Waals surface area contributed by atoms with Crippen LogP contribution in [0.25, 0.3) is 23.0 Å². The standard InChI is InChI=1S/C26H18ClN3O3/c27-19-6-8-23-21(12-19)22(26(32)30-23)13-20-7-9-24(33-20)17-4-1-5-18(11-17)25(31)29-15-16-3-2-10-28-14-16/h1-14H,15H2,(H,29,31)(H,30,32)/b22-13+. The molecule has 0 fully saturated rings. The molecule has 3 heterocycles. The average Bonchev–Trinajstić information content (AvgIpc) is 3.43. The van der Waals surface area contributed by atoms with Crippen LogP contribution in [-0.2, 0) is 11.3 Å². The topological polar surface area (TPSA) is 84.2 Å². The number of nitrogens with zero attached hydrogens (tertiary/aromatic N) is 1. The Morgan fingerprint density at radius 3 is 2.85 bits per heavy atom. The minimum atomic E-state index is -0.211. The fourth-order valence-electron chi connectivity index (χ4n) is 3.63. The van der Waals surface area contributed by atoms with Crippen molar-refractivity contribution in [2.24, 2.45) is 0 Å². The molecule has 1 aliphatic heterocycles. The number of furan rings is 1. The molecule has 2 amide bonds. The first-order chi connectivity index (χ1) is 16.1. The lowest BCUT2D eigenvalue weighted by Crippen LogP contribution is -2.22. The van der Waals surface area contributed by atoms with Crippen molar-refractivity contribution in [2.45, 2.75) is 6.54 Å². The molecule has 0 saturated heterocycles. The summed E-state index contributed by atoms with van der Waals surface area (Å²) in [6.45, 7) is 0.392. The highest BCUT2D eigenvalue weighted by Crippen LogP contribution is 2.35. The molecule has 0 bridgehead atoms. The molecule has 6 nitrogen and oxygen atoms in total. The first-order valence-corrected chi connectivity index (χ1v) is 10.6. The molecule has 162 valence electrons. The zero-order valence-electron chi connectivity index (χ0n) is 17.3. The van der Waals surface area contributed by atoms with Gasteiger partial charge in [0.05, 0.1) is 5.57 Å². The largest absolute Gasteiger partial charge is 0.457 e. The zero-order chi connectivity index (χ0) is 22.8. The normalized spacial score (nSPS) is 13.6. The molecule has 0 atom stereocenters. The van der Waals surface area contributed by atoms with Crippen LogP contribution in [-0.4, -0.2) is 16.8 Å². The molecular weight excluding hydrogens is 438 g/mol.